The van der Waals surface area contributed by atoms with Crippen LogP contribution in [-0.4, -0.2) is 73.0 Å². The monoisotopic (exact) mass is 409 g/mol. The van der Waals surface area contributed by atoms with Gasteiger partial charge in [-0.2, -0.15) is 0 Å². The molecule has 2 aromatic rings. The minimum atomic E-state index is -0.292. The van der Waals surface area contributed by atoms with Crippen molar-refractivity contribution in [2.75, 3.05) is 46.5 Å². The number of fused-ring (bicyclic) bond motifs is 2. The molecule has 3 heterocycles. The first-order valence-electron chi connectivity index (χ1n) is 11.1. The third-order valence-electron chi connectivity index (χ3n) is 7.14. The highest BCUT2D eigenvalue weighted by Crippen LogP contribution is 2.45. The number of carbonyl (C=O) groups excluding carboxylic acids is 1. The van der Waals surface area contributed by atoms with E-state index in [1.54, 1.807) is 0 Å². The van der Waals surface area contributed by atoms with E-state index in [1.165, 1.54) is 36.5 Å². The van der Waals surface area contributed by atoms with Crippen LogP contribution < -0.4 is 0 Å². The molecule has 1 aromatic heterocycles. The van der Waals surface area contributed by atoms with Gasteiger partial charge in [-0.15, -0.1) is 6.58 Å². The lowest BCUT2D eigenvalue weighted by molar-refractivity contribution is 0.0331. The zero-order chi connectivity index (χ0) is 20.7. The molecule has 0 bridgehead atoms. The Labute approximate surface area is 178 Å². The second-order valence-corrected chi connectivity index (χ2v) is 8.66. The Kier molecular flexibility index (Phi) is 5.39. The Hall–Kier alpha value is -2.15. The van der Waals surface area contributed by atoms with Gasteiger partial charge in [0.25, 0.3) is 0 Å². The molecule has 0 amide bonds. The summed E-state index contributed by atoms with van der Waals surface area (Å²) in [5, 5.41) is 1.29. The number of aromatic nitrogens is 1. The van der Waals surface area contributed by atoms with E-state index in [0.717, 1.165) is 63.6 Å². The lowest BCUT2D eigenvalue weighted by Crippen LogP contribution is -2.47. The van der Waals surface area contributed by atoms with Gasteiger partial charge in [0, 0.05) is 49.2 Å². The number of hydrogen-bond donors (Lipinski definition) is 0. The maximum absolute atomic E-state index is 12.9. The van der Waals surface area contributed by atoms with E-state index in [1.807, 2.05) is 10.6 Å². The second-order valence-electron chi connectivity index (χ2n) is 8.66. The molecule has 1 aliphatic carbocycles. The summed E-state index contributed by atoms with van der Waals surface area (Å²) in [6.07, 6.45) is 5.13. The molecule has 2 aliphatic heterocycles. The van der Waals surface area contributed by atoms with Gasteiger partial charge < -0.3 is 9.47 Å². The number of likely N-dealkylation sites (tertiary alicyclic amines) is 1. The molecule has 3 aliphatic rings. The van der Waals surface area contributed by atoms with Crippen molar-refractivity contribution in [1.82, 2.24) is 14.4 Å². The molecule has 1 aromatic carbocycles. The van der Waals surface area contributed by atoms with Crippen molar-refractivity contribution in [3.63, 3.8) is 0 Å². The highest BCUT2D eigenvalue weighted by Gasteiger charge is 2.39. The Bertz CT molecular complexity index is 960. The SMILES string of the molecule is C=CCN1CCC[C@@H]2c3cccc4c3c(c(CN3CCOCC3)n4C(=O)OC)C[C@H]21. The van der Waals surface area contributed by atoms with E-state index in [4.69, 9.17) is 9.47 Å². The van der Waals surface area contributed by atoms with E-state index < -0.39 is 0 Å². The lowest BCUT2D eigenvalue weighted by Gasteiger charge is -2.44. The van der Waals surface area contributed by atoms with E-state index in [9.17, 15) is 4.79 Å². The summed E-state index contributed by atoms with van der Waals surface area (Å²) in [6, 6.07) is 6.92. The molecule has 0 N–H and O–H groups in total. The summed E-state index contributed by atoms with van der Waals surface area (Å²) >= 11 is 0. The van der Waals surface area contributed by atoms with Gasteiger partial charge in [-0.25, -0.2) is 9.36 Å². The first-order chi connectivity index (χ1) is 14.7. The molecule has 160 valence electrons. The van der Waals surface area contributed by atoms with Crippen LogP contribution in [0.25, 0.3) is 10.9 Å². The van der Waals surface area contributed by atoms with Crippen molar-refractivity contribution in [2.24, 2.45) is 0 Å². The zero-order valence-electron chi connectivity index (χ0n) is 17.8. The van der Waals surface area contributed by atoms with Crippen molar-refractivity contribution in [3.05, 3.63) is 47.7 Å². The number of nitrogens with zero attached hydrogens (tertiary/aromatic N) is 3. The summed E-state index contributed by atoms with van der Waals surface area (Å²) in [4.78, 5) is 17.9. The van der Waals surface area contributed by atoms with Crippen LogP contribution in [0.4, 0.5) is 4.79 Å². The molecule has 30 heavy (non-hydrogen) atoms. The van der Waals surface area contributed by atoms with Gasteiger partial charge in [-0.1, -0.05) is 18.2 Å². The third-order valence-corrected chi connectivity index (χ3v) is 7.14. The van der Waals surface area contributed by atoms with Crippen LogP contribution in [0, 0.1) is 0 Å². The number of rotatable bonds is 4. The fraction of sp³-hybridized carbons (Fsp3) is 0.542. The Morgan fingerprint density at radius 2 is 2.13 bits per heavy atom. The van der Waals surface area contributed by atoms with Gasteiger partial charge in [0.15, 0.2) is 0 Å². The van der Waals surface area contributed by atoms with Gasteiger partial charge in [0.2, 0.25) is 0 Å². The summed E-state index contributed by atoms with van der Waals surface area (Å²) in [6.45, 7) is 10.1. The zero-order valence-corrected chi connectivity index (χ0v) is 17.8. The van der Waals surface area contributed by atoms with Gasteiger partial charge in [-0.3, -0.25) is 9.80 Å². The first-order valence-corrected chi connectivity index (χ1v) is 11.1. The van der Waals surface area contributed by atoms with Crippen LogP contribution in [0.15, 0.2) is 30.9 Å². The first kappa shape index (κ1) is 19.8. The molecular weight excluding hydrogens is 378 g/mol. The van der Waals surface area contributed by atoms with E-state index >= 15 is 0 Å². The number of morpholine rings is 1. The van der Waals surface area contributed by atoms with Crippen molar-refractivity contribution < 1.29 is 14.3 Å². The third kappa shape index (κ3) is 3.18. The van der Waals surface area contributed by atoms with Crippen LogP contribution in [0.1, 0.15) is 35.6 Å². The normalized spacial score (nSPS) is 24.6. The molecule has 0 unspecified atom stereocenters. The predicted octanol–water partition coefficient (Wildman–Crippen LogP) is 3.38. The summed E-state index contributed by atoms with van der Waals surface area (Å²) in [5.74, 6) is 0.514. The number of methoxy groups -OCH3 is 1. The second kappa shape index (κ2) is 8.17. The van der Waals surface area contributed by atoms with Gasteiger partial charge >= 0.3 is 6.09 Å². The molecular formula is C24H31N3O3. The van der Waals surface area contributed by atoms with Crippen molar-refractivity contribution in [1.29, 1.82) is 0 Å². The minimum Gasteiger partial charge on any atom is -0.452 e. The van der Waals surface area contributed by atoms with E-state index in [-0.39, 0.29) is 6.09 Å². The minimum absolute atomic E-state index is 0.292. The fourth-order valence-corrected chi connectivity index (χ4v) is 5.83. The summed E-state index contributed by atoms with van der Waals surface area (Å²) in [5.41, 5.74) is 4.82. The smallest absolute Gasteiger partial charge is 0.418 e. The van der Waals surface area contributed by atoms with E-state index in [2.05, 4.69) is 34.6 Å². The number of piperidine rings is 1. The molecule has 6 nitrogen and oxygen atoms in total. The molecule has 2 fully saturated rings. The number of carbonyl (C=O) groups is 1. The van der Waals surface area contributed by atoms with Crippen LogP contribution in [-0.2, 0) is 22.4 Å². The van der Waals surface area contributed by atoms with Crippen molar-refractivity contribution in [2.45, 2.75) is 37.8 Å². The number of benzene rings is 1. The maximum Gasteiger partial charge on any atom is 0.418 e. The maximum atomic E-state index is 12.9. The molecule has 0 saturated carbocycles. The number of ether oxygens (including phenoxy) is 2. The molecule has 0 spiro atoms. The van der Waals surface area contributed by atoms with E-state index in [0.29, 0.717) is 12.0 Å². The average molecular weight is 410 g/mol. The quantitative estimate of drug-likeness (QED) is 0.725. The topological polar surface area (TPSA) is 46.9 Å². The van der Waals surface area contributed by atoms with Crippen molar-refractivity contribution >= 4 is 17.0 Å². The Morgan fingerprint density at radius 3 is 2.90 bits per heavy atom. The fourth-order valence-electron chi connectivity index (χ4n) is 5.83. The molecule has 0 radical (unpaired) electrons. The van der Waals surface area contributed by atoms with Crippen LogP contribution in [0.2, 0.25) is 0 Å². The molecule has 2 atom stereocenters. The lowest BCUT2D eigenvalue weighted by atomic mass is 9.74. The highest BCUT2D eigenvalue weighted by atomic mass is 16.5. The summed E-state index contributed by atoms with van der Waals surface area (Å²) < 4.78 is 12.6. The van der Waals surface area contributed by atoms with Crippen molar-refractivity contribution in [3.8, 4) is 0 Å². The van der Waals surface area contributed by atoms with Gasteiger partial charge in [0.1, 0.15) is 0 Å². The standard InChI is InChI=1S/C24H31N3O3/c1-3-9-26-10-5-7-17-18-6-4-8-20-23(18)19(15-21(17)26)22(27(20)24(28)29-2)16-25-11-13-30-14-12-25/h3-4,6,8,17,21H,1,5,7,9-16H2,2H3/t17-,21-/m1/s1. The highest BCUT2D eigenvalue weighted by molar-refractivity contribution is 5.96. The van der Waals surface area contributed by atoms with Crippen LogP contribution >= 0.6 is 0 Å². The molecule has 2 saturated heterocycles. The van der Waals surface area contributed by atoms with Gasteiger partial charge in [-0.05, 0) is 43.0 Å². The van der Waals surface area contributed by atoms with Gasteiger partial charge in [0.05, 0.1) is 25.8 Å². The predicted molar refractivity (Wildman–Crippen MR) is 117 cm³/mol. The molecule has 5 rings (SSSR count). The molecule has 6 heteroatoms. The Morgan fingerprint density at radius 1 is 1.30 bits per heavy atom. The summed E-state index contributed by atoms with van der Waals surface area (Å²) in [7, 11) is 1.47. The van der Waals surface area contributed by atoms with Crippen LogP contribution in [0.3, 0.4) is 0 Å². The average Bonchev–Trinajstić information content (AvgIpc) is 3.09. The van der Waals surface area contributed by atoms with Crippen LogP contribution in [0.5, 0.6) is 0 Å². The number of hydrogen-bond acceptors (Lipinski definition) is 5. The largest absolute Gasteiger partial charge is 0.452 e. The Balaban J connectivity index is 1.66.